The zero-order valence-corrected chi connectivity index (χ0v) is 7.43. The molecule has 0 saturated heterocycles. The maximum Gasteiger partial charge on any atom is 0.0933 e. The van der Waals surface area contributed by atoms with Crippen LogP contribution in [-0.4, -0.2) is 6.54 Å². The summed E-state index contributed by atoms with van der Waals surface area (Å²) in [4.78, 5) is 1.31. The molecule has 0 aliphatic rings. The first kappa shape index (κ1) is 8.05. The summed E-state index contributed by atoms with van der Waals surface area (Å²) in [6.45, 7) is 2.77. The number of hydrogen-bond donors (Lipinski definition) is 1. The molecule has 1 heterocycles. The minimum Gasteiger partial charge on any atom is -0.330 e. The lowest BCUT2D eigenvalue weighted by molar-refractivity contribution is 0.980. The number of thiophene rings is 1. The Labute approximate surface area is 69.8 Å². The molecule has 56 valence electrons. The van der Waals surface area contributed by atoms with Crippen LogP contribution >= 0.6 is 22.9 Å². The molecule has 0 fully saturated rings. The van der Waals surface area contributed by atoms with Crippen molar-refractivity contribution >= 4 is 22.9 Å². The quantitative estimate of drug-likeness (QED) is 0.733. The zero-order valence-electron chi connectivity index (χ0n) is 5.86. The van der Waals surface area contributed by atoms with Crippen molar-refractivity contribution in [1.29, 1.82) is 0 Å². The second kappa shape index (κ2) is 3.37. The van der Waals surface area contributed by atoms with Crippen molar-refractivity contribution in [3.05, 3.63) is 20.8 Å². The highest BCUT2D eigenvalue weighted by Gasteiger charge is 2.01. The van der Waals surface area contributed by atoms with Gasteiger partial charge >= 0.3 is 0 Å². The summed E-state index contributed by atoms with van der Waals surface area (Å²) in [5.41, 5.74) is 6.67. The Morgan fingerprint density at radius 2 is 2.40 bits per heavy atom. The predicted octanol–water partition coefficient (Wildman–Crippen LogP) is 2.21. The van der Waals surface area contributed by atoms with Crippen molar-refractivity contribution in [2.75, 3.05) is 6.54 Å². The summed E-state index contributed by atoms with van der Waals surface area (Å²) in [6, 6.07) is 1.98. The molecule has 3 heteroatoms. The summed E-state index contributed by atoms with van der Waals surface area (Å²) < 4.78 is 0.862. The maximum absolute atomic E-state index is 5.78. The first-order valence-corrected chi connectivity index (χ1v) is 4.38. The van der Waals surface area contributed by atoms with Gasteiger partial charge in [-0.1, -0.05) is 11.6 Å². The van der Waals surface area contributed by atoms with E-state index in [0.29, 0.717) is 6.54 Å². The summed E-state index contributed by atoms with van der Waals surface area (Å²) in [7, 11) is 0. The highest BCUT2D eigenvalue weighted by atomic mass is 35.5. The molecule has 0 aliphatic heterocycles. The molecule has 1 aromatic heterocycles. The van der Waals surface area contributed by atoms with Crippen molar-refractivity contribution < 1.29 is 0 Å². The van der Waals surface area contributed by atoms with E-state index in [-0.39, 0.29) is 0 Å². The maximum atomic E-state index is 5.78. The Kier molecular flexibility index (Phi) is 2.72. The topological polar surface area (TPSA) is 26.0 Å². The summed E-state index contributed by atoms with van der Waals surface area (Å²) in [5.74, 6) is 0. The van der Waals surface area contributed by atoms with Crippen molar-refractivity contribution in [1.82, 2.24) is 0 Å². The number of hydrogen-bond acceptors (Lipinski definition) is 2. The molecule has 0 amide bonds. The summed E-state index contributed by atoms with van der Waals surface area (Å²) >= 11 is 7.40. The van der Waals surface area contributed by atoms with E-state index < -0.39 is 0 Å². The van der Waals surface area contributed by atoms with E-state index in [1.54, 1.807) is 11.3 Å². The van der Waals surface area contributed by atoms with E-state index in [0.717, 1.165) is 10.8 Å². The second-order valence-corrected chi connectivity index (χ2v) is 3.96. The highest BCUT2D eigenvalue weighted by molar-refractivity contribution is 7.16. The predicted molar refractivity (Wildman–Crippen MR) is 46.8 cm³/mol. The van der Waals surface area contributed by atoms with Crippen LogP contribution in [0.25, 0.3) is 0 Å². The van der Waals surface area contributed by atoms with Crippen LogP contribution in [0.3, 0.4) is 0 Å². The van der Waals surface area contributed by atoms with E-state index in [2.05, 4.69) is 6.92 Å². The molecule has 10 heavy (non-hydrogen) atoms. The van der Waals surface area contributed by atoms with Gasteiger partial charge in [0.1, 0.15) is 0 Å². The van der Waals surface area contributed by atoms with Gasteiger partial charge in [-0.25, -0.2) is 0 Å². The van der Waals surface area contributed by atoms with Gasteiger partial charge in [0.25, 0.3) is 0 Å². The fourth-order valence-electron chi connectivity index (χ4n) is 0.858. The van der Waals surface area contributed by atoms with Crippen LogP contribution in [0.2, 0.25) is 4.34 Å². The molecule has 2 N–H and O–H groups in total. The summed E-state index contributed by atoms with van der Waals surface area (Å²) in [5, 5.41) is 0. The third kappa shape index (κ3) is 1.72. The Bertz CT molecular complexity index is 219. The highest BCUT2D eigenvalue weighted by Crippen LogP contribution is 2.25. The standard InChI is InChI=1S/C7H10ClNS/c1-5-4-7(8)10-6(5)2-3-9/h4H,2-3,9H2,1H3. The lowest BCUT2D eigenvalue weighted by Gasteiger charge is -1.92. The molecule has 0 saturated carbocycles. The van der Waals surface area contributed by atoms with Gasteiger partial charge in [-0.15, -0.1) is 11.3 Å². The number of halogens is 1. The van der Waals surface area contributed by atoms with Gasteiger partial charge in [0.15, 0.2) is 0 Å². The third-order valence-electron chi connectivity index (χ3n) is 1.36. The monoisotopic (exact) mass is 175 g/mol. The van der Waals surface area contributed by atoms with Gasteiger partial charge < -0.3 is 5.73 Å². The largest absolute Gasteiger partial charge is 0.330 e. The van der Waals surface area contributed by atoms with Gasteiger partial charge in [0.05, 0.1) is 4.34 Å². The van der Waals surface area contributed by atoms with Gasteiger partial charge in [-0.3, -0.25) is 0 Å². The molecule has 0 aromatic carbocycles. The van der Waals surface area contributed by atoms with E-state index >= 15 is 0 Å². The van der Waals surface area contributed by atoms with Crippen LogP contribution in [-0.2, 0) is 6.42 Å². The van der Waals surface area contributed by atoms with E-state index in [9.17, 15) is 0 Å². The average molecular weight is 176 g/mol. The average Bonchev–Trinajstić information content (AvgIpc) is 2.13. The second-order valence-electron chi connectivity index (χ2n) is 2.20. The molecule has 1 aromatic rings. The first-order valence-electron chi connectivity index (χ1n) is 3.19. The fourth-order valence-corrected chi connectivity index (χ4v) is 2.21. The van der Waals surface area contributed by atoms with Crippen molar-refractivity contribution in [3.63, 3.8) is 0 Å². The van der Waals surface area contributed by atoms with Crippen molar-refractivity contribution in [2.24, 2.45) is 5.73 Å². The van der Waals surface area contributed by atoms with Crippen LogP contribution in [0.1, 0.15) is 10.4 Å². The number of nitrogens with two attached hydrogens (primary N) is 1. The van der Waals surface area contributed by atoms with Gasteiger partial charge in [-0.05, 0) is 31.5 Å². The molecule has 0 atom stereocenters. The lowest BCUT2D eigenvalue weighted by atomic mass is 10.2. The molecule has 0 spiro atoms. The first-order chi connectivity index (χ1) is 4.74. The fraction of sp³-hybridized carbons (Fsp3) is 0.429. The van der Waals surface area contributed by atoms with Crippen LogP contribution in [0.15, 0.2) is 6.07 Å². The molecular weight excluding hydrogens is 166 g/mol. The van der Waals surface area contributed by atoms with Crippen LogP contribution in [0, 0.1) is 6.92 Å². The Hall–Kier alpha value is -0.0500. The number of rotatable bonds is 2. The number of aryl methyl sites for hydroxylation is 1. The molecule has 0 radical (unpaired) electrons. The Morgan fingerprint density at radius 1 is 1.70 bits per heavy atom. The Morgan fingerprint density at radius 3 is 2.80 bits per heavy atom. The zero-order chi connectivity index (χ0) is 7.56. The van der Waals surface area contributed by atoms with Gasteiger partial charge in [-0.2, -0.15) is 0 Å². The normalized spacial score (nSPS) is 10.3. The molecule has 1 nitrogen and oxygen atoms in total. The minimum atomic E-state index is 0.706. The van der Waals surface area contributed by atoms with E-state index in [1.807, 2.05) is 6.07 Å². The van der Waals surface area contributed by atoms with Crippen LogP contribution in [0.4, 0.5) is 0 Å². The smallest absolute Gasteiger partial charge is 0.0933 e. The van der Waals surface area contributed by atoms with E-state index in [4.69, 9.17) is 17.3 Å². The summed E-state index contributed by atoms with van der Waals surface area (Å²) in [6.07, 6.45) is 0.948. The molecule has 0 unspecified atom stereocenters. The minimum absolute atomic E-state index is 0.706. The molecule has 0 bridgehead atoms. The lowest BCUT2D eigenvalue weighted by Crippen LogP contribution is -2.01. The van der Waals surface area contributed by atoms with E-state index in [1.165, 1.54) is 10.4 Å². The SMILES string of the molecule is Cc1cc(Cl)sc1CCN. The molecule has 1 rings (SSSR count). The van der Waals surface area contributed by atoms with Crippen molar-refractivity contribution in [3.8, 4) is 0 Å². The third-order valence-corrected chi connectivity index (χ3v) is 2.79. The van der Waals surface area contributed by atoms with Crippen LogP contribution < -0.4 is 5.73 Å². The molecular formula is C7H10ClNS. The van der Waals surface area contributed by atoms with Gasteiger partial charge in [0.2, 0.25) is 0 Å². The van der Waals surface area contributed by atoms with Gasteiger partial charge in [0, 0.05) is 4.88 Å². The van der Waals surface area contributed by atoms with Crippen LogP contribution in [0.5, 0.6) is 0 Å². The van der Waals surface area contributed by atoms with Crippen molar-refractivity contribution in [2.45, 2.75) is 13.3 Å². The molecule has 0 aliphatic carbocycles. The Balaban J connectivity index is 2.81.